The summed E-state index contributed by atoms with van der Waals surface area (Å²) in [6, 6.07) is 5.23. The molecule has 0 saturated heterocycles. The van der Waals surface area contributed by atoms with Crippen LogP contribution in [0.1, 0.15) is 13.3 Å². The van der Waals surface area contributed by atoms with Gasteiger partial charge in [0.1, 0.15) is 17.6 Å². The van der Waals surface area contributed by atoms with Gasteiger partial charge in [0.2, 0.25) is 0 Å². The molecule has 3 nitrogen and oxygen atoms in total. The van der Waals surface area contributed by atoms with Gasteiger partial charge in [0, 0.05) is 6.54 Å². The monoisotopic (exact) mass is 249 g/mol. The van der Waals surface area contributed by atoms with Gasteiger partial charge in [-0.3, -0.25) is 0 Å². The van der Waals surface area contributed by atoms with Crippen molar-refractivity contribution in [2.75, 3.05) is 6.54 Å². The van der Waals surface area contributed by atoms with Crippen LogP contribution in [0, 0.1) is 0 Å². The number of benzene rings is 1. The van der Waals surface area contributed by atoms with E-state index in [1.807, 2.05) is 6.92 Å². The zero-order valence-corrected chi connectivity index (χ0v) is 9.33. The third kappa shape index (κ3) is 4.95. The largest absolute Gasteiger partial charge is 0.573 e. The van der Waals surface area contributed by atoms with Crippen molar-refractivity contribution >= 4 is 0 Å². The van der Waals surface area contributed by atoms with E-state index >= 15 is 0 Å². The first-order chi connectivity index (χ1) is 7.94. The van der Waals surface area contributed by atoms with Crippen LogP contribution in [0.15, 0.2) is 24.3 Å². The second-order valence-electron chi connectivity index (χ2n) is 3.40. The third-order valence-corrected chi connectivity index (χ3v) is 2.08. The Hall–Kier alpha value is -1.43. The van der Waals surface area contributed by atoms with Crippen LogP contribution < -0.4 is 15.2 Å². The summed E-state index contributed by atoms with van der Waals surface area (Å²) in [4.78, 5) is 0. The van der Waals surface area contributed by atoms with Gasteiger partial charge < -0.3 is 15.2 Å². The highest BCUT2D eigenvalue weighted by Gasteiger charge is 2.30. The molecule has 17 heavy (non-hydrogen) atoms. The number of ether oxygens (including phenoxy) is 2. The topological polar surface area (TPSA) is 44.5 Å². The Morgan fingerprint density at radius 3 is 2.12 bits per heavy atom. The van der Waals surface area contributed by atoms with E-state index in [1.165, 1.54) is 24.3 Å². The van der Waals surface area contributed by atoms with E-state index in [2.05, 4.69) is 4.74 Å². The maximum Gasteiger partial charge on any atom is 0.573 e. The normalized spacial score (nSPS) is 13.2. The van der Waals surface area contributed by atoms with Gasteiger partial charge in [0.05, 0.1) is 0 Å². The fourth-order valence-corrected chi connectivity index (χ4v) is 1.21. The van der Waals surface area contributed by atoms with Crippen LogP contribution in [-0.4, -0.2) is 19.0 Å². The number of alkyl halides is 3. The van der Waals surface area contributed by atoms with Crippen molar-refractivity contribution in [3.63, 3.8) is 0 Å². The maximum absolute atomic E-state index is 11.9. The van der Waals surface area contributed by atoms with Crippen molar-refractivity contribution in [2.45, 2.75) is 25.8 Å². The Labute approximate surface area is 97.3 Å². The zero-order valence-electron chi connectivity index (χ0n) is 9.33. The lowest BCUT2D eigenvalue weighted by molar-refractivity contribution is -0.274. The number of rotatable bonds is 5. The summed E-state index contributed by atoms with van der Waals surface area (Å²) in [5.41, 5.74) is 5.45. The molecule has 0 spiro atoms. The molecule has 1 aromatic rings. The van der Waals surface area contributed by atoms with Crippen molar-refractivity contribution in [1.29, 1.82) is 0 Å². The van der Waals surface area contributed by atoms with Gasteiger partial charge in [-0.2, -0.15) is 0 Å². The molecule has 0 aliphatic heterocycles. The van der Waals surface area contributed by atoms with Crippen molar-refractivity contribution in [3.8, 4) is 11.5 Å². The predicted molar refractivity (Wildman–Crippen MR) is 56.9 cm³/mol. The van der Waals surface area contributed by atoms with Crippen molar-refractivity contribution in [2.24, 2.45) is 5.73 Å². The number of hydrogen-bond acceptors (Lipinski definition) is 3. The molecule has 0 aliphatic rings. The minimum atomic E-state index is -4.68. The van der Waals surface area contributed by atoms with E-state index < -0.39 is 6.36 Å². The molecule has 2 N–H and O–H groups in total. The highest BCUT2D eigenvalue weighted by Crippen LogP contribution is 2.25. The molecule has 1 unspecified atom stereocenters. The number of halogens is 3. The second kappa shape index (κ2) is 5.77. The van der Waals surface area contributed by atoms with Crippen LogP contribution in [0.25, 0.3) is 0 Å². The van der Waals surface area contributed by atoms with Crippen LogP contribution in [0.4, 0.5) is 13.2 Å². The van der Waals surface area contributed by atoms with Crippen LogP contribution in [0.5, 0.6) is 11.5 Å². The standard InChI is InChI=1S/C11H14F3NO2/c1-2-8(7-15)16-9-3-5-10(6-4-9)17-11(12,13)14/h3-6,8H,2,7,15H2,1H3. The molecule has 1 aromatic carbocycles. The minimum Gasteiger partial charge on any atom is -0.489 e. The lowest BCUT2D eigenvalue weighted by Gasteiger charge is -2.15. The molecule has 0 saturated carbocycles. The van der Waals surface area contributed by atoms with Gasteiger partial charge in [-0.1, -0.05) is 6.92 Å². The molecular formula is C11H14F3NO2. The molecule has 6 heteroatoms. The smallest absolute Gasteiger partial charge is 0.489 e. The van der Waals surface area contributed by atoms with Crippen LogP contribution in [0.3, 0.4) is 0 Å². The number of nitrogens with two attached hydrogens (primary N) is 1. The van der Waals surface area contributed by atoms with Gasteiger partial charge in [-0.05, 0) is 30.7 Å². The summed E-state index contributed by atoms with van der Waals surface area (Å²) in [5, 5.41) is 0. The summed E-state index contributed by atoms with van der Waals surface area (Å²) in [5.74, 6) is 0.197. The van der Waals surface area contributed by atoms with Crippen LogP contribution >= 0.6 is 0 Å². The summed E-state index contributed by atoms with van der Waals surface area (Å²) >= 11 is 0. The molecular weight excluding hydrogens is 235 g/mol. The first-order valence-corrected chi connectivity index (χ1v) is 5.17. The molecule has 1 rings (SSSR count). The van der Waals surface area contributed by atoms with Gasteiger partial charge in [0.15, 0.2) is 0 Å². The van der Waals surface area contributed by atoms with Gasteiger partial charge >= 0.3 is 6.36 Å². The fourth-order valence-electron chi connectivity index (χ4n) is 1.21. The van der Waals surface area contributed by atoms with Gasteiger partial charge in [-0.25, -0.2) is 0 Å². The van der Waals surface area contributed by atoms with E-state index in [0.29, 0.717) is 12.3 Å². The Morgan fingerprint density at radius 2 is 1.71 bits per heavy atom. The first kappa shape index (κ1) is 13.6. The summed E-state index contributed by atoms with van der Waals surface area (Å²) in [6.07, 6.45) is -4.08. The molecule has 0 bridgehead atoms. The van der Waals surface area contributed by atoms with Crippen molar-refractivity contribution in [1.82, 2.24) is 0 Å². The summed E-state index contributed by atoms with van der Waals surface area (Å²) in [6.45, 7) is 2.27. The quantitative estimate of drug-likeness (QED) is 0.872. The van der Waals surface area contributed by atoms with E-state index in [4.69, 9.17) is 10.5 Å². The third-order valence-electron chi connectivity index (χ3n) is 2.08. The van der Waals surface area contributed by atoms with Crippen LogP contribution in [-0.2, 0) is 0 Å². The van der Waals surface area contributed by atoms with E-state index in [-0.39, 0.29) is 11.9 Å². The maximum atomic E-state index is 11.9. The molecule has 0 amide bonds. The Kier molecular flexibility index (Phi) is 4.62. The zero-order chi connectivity index (χ0) is 12.9. The van der Waals surface area contributed by atoms with E-state index in [9.17, 15) is 13.2 Å². The molecule has 1 atom stereocenters. The highest BCUT2D eigenvalue weighted by molar-refractivity contribution is 5.31. The molecule has 96 valence electrons. The molecule has 0 heterocycles. The SMILES string of the molecule is CCC(CN)Oc1ccc(OC(F)(F)F)cc1. The Morgan fingerprint density at radius 1 is 1.18 bits per heavy atom. The average Bonchev–Trinajstić information content (AvgIpc) is 2.26. The van der Waals surface area contributed by atoms with Crippen molar-refractivity contribution in [3.05, 3.63) is 24.3 Å². The van der Waals surface area contributed by atoms with E-state index in [0.717, 1.165) is 6.42 Å². The van der Waals surface area contributed by atoms with Crippen LogP contribution in [0.2, 0.25) is 0 Å². The Balaban J connectivity index is 2.62. The fraction of sp³-hybridized carbons (Fsp3) is 0.455. The Bertz CT molecular complexity index is 334. The first-order valence-electron chi connectivity index (χ1n) is 5.17. The highest BCUT2D eigenvalue weighted by atomic mass is 19.4. The molecule has 0 aliphatic carbocycles. The molecule has 0 fully saturated rings. The van der Waals surface area contributed by atoms with Gasteiger partial charge in [0.25, 0.3) is 0 Å². The lowest BCUT2D eigenvalue weighted by Crippen LogP contribution is -2.25. The lowest BCUT2D eigenvalue weighted by atomic mass is 10.2. The summed E-state index contributed by atoms with van der Waals surface area (Å²) in [7, 11) is 0. The predicted octanol–water partition coefficient (Wildman–Crippen LogP) is 2.70. The number of hydrogen-bond donors (Lipinski definition) is 1. The van der Waals surface area contributed by atoms with Gasteiger partial charge in [-0.15, -0.1) is 13.2 Å². The second-order valence-corrected chi connectivity index (χ2v) is 3.40. The molecule has 0 aromatic heterocycles. The van der Waals surface area contributed by atoms with E-state index in [1.54, 1.807) is 0 Å². The van der Waals surface area contributed by atoms with Crippen molar-refractivity contribution < 1.29 is 22.6 Å². The minimum absolute atomic E-state index is 0.135. The molecule has 0 radical (unpaired) electrons. The summed E-state index contributed by atoms with van der Waals surface area (Å²) < 4.78 is 44.8. The average molecular weight is 249 g/mol.